The second-order valence-electron chi connectivity index (χ2n) is 5.38. The Kier molecular flexibility index (Phi) is 7.65. The van der Waals surface area contributed by atoms with Gasteiger partial charge < -0.3 is 4.74 Å². The van der Waals surface area contributed by atoms with Crippen LogP contribution in [0, 0.1) is 0 Å². The van der Waals surface area contributed by atoms with E-state index in [1.54, 1.807) is 7.11 Å². The van der Waals surface area contributed by atoms with E-state index in [-0.39, 0.29) is 17.0 Å². The maximum absolute atomic E-state index is 5.30. The van der Waals surface area contributed by atoms with Crippen LogP contribution in [0.25, 0.3) is 0 Å². The number of hydrogen-bond acceptors (Lipinski definition) is 1. The van der Waals surface area contributed by atoms with Crippen LogP contribution in [-0.2, 0) is 11.2 Å². The molecular weight excluding hydrogens is 379 g/mol. The van der Waals surface area contributed by atoms with Crippen LogP contribution in [0.5, 0.6) is 0 Å². The molecule has 3 heteroatoms. The van der Waals surface area contributed by atoms with Gasteiger partial charge in [-0.25, -0.2) is 0 Å². The Labute approximate surface area is 156 Å². The number of halogens is 1. The Morgan fingerprint density at radius 3 is 1.75 bits per heavy atom. The van der Waals surface area contributed by atoms with Gasteiger partial charge in [0.2, 0.25) is 0 Å². The molecule has 0 saturated heterocycles. The minimum atomic E-state index is -0.539. The van der Waals surface area contributed by atoms with Gasteiger partial charge in [0.05, 0.1) is 6.61 Å². The zero-order valence-corrected chi connectivity index (χ0v) is 16.4. The molecule has 0 aliphatic heterocycles. The third-order valence-electron chi connectivity index (χ3n) is 3.84. The van der Waals surface area contributed by atoms with Crippen molar-refractivity contribution in [3.63, 3.8) is 0 Å². The summed E-state index contributed by atoms with van der Waals surface area (Å²) in [6.07, 6.45) is 0.950. The van der Waals surface area contributed by atoms with E-state index in [9.17, 15) is 0 Å². The van der Waals surface area contributed by atoms with Crippen molar-refractivity contribution in [2.45, 2.75) is 6.42 Å². The normalized spacial score (nSPS) is 10.4. The molecule has 0 atom stereocenters. The smallest absolute Gasteiger partial charge is 0.0502 e. The van der Waals surface area contributed by atoms with Crippen LogP contribution in [0.15, 0.2) is 84.9 Å². The molecule has 3 rings (SSSR count). The lowest BCUT2D eigenvalue weighted by Crippen LogP contribution is -2.23. The van der Waals surface area contributed by atoms with E-state index in [1.807, 2.05) is 0 Å². The summed E-state index contributed by atoms with van der Waals surface area (Å²) in [7, 11) is 1.22. The summed E-state index contributed by atoms with van der Waals surface area (Å²) < 4.78 is 5.30. The highest BCUT2D eigenvalue weighted by Crippen LogP contribution is 2.34. The number of hydrogen-bond donors (Lipinski definition) is 0. The van der Waals surface area contributed by atoms with Crippen molar-refractivity contribution < 1.29 is 4.74 Å². The summed E-state index contributed by atoms with van der Waals surface area (Å²) in [6.45, 7) is 0.754. The number of methoxy groups -OCH3 is 1. The van der Waals surface area contributed by atoms with Gasteiger partial charge in [0.1, 0.15) is 0 Å². The van der Waals surface area contributed by atoms with Crippen molar-refractivity contribution in [3.8, 4) is 0 Å². The second-order valence-corrected chi connectivity index (χ2v) is 7.56. The van der Waals surface area contributed by atoms with Gasteiger partial charge in [0, 0.05) is 7.11 Å². The highest BCUT2D eigenvalue weighted by molar-refractivity contribution is 8.93. The Morgan fingerprint density at radius 2 is 1.21 bits per heavy atom. The van der Waals surface area contributed by atoms with Crippen LogP contribution < -0.4 is 15.9 Å². The average molecular weight is 401 g/mol. The van der Waals surface area contributed by atoms with Crippen LogP contribution >= 0.6 is 24.9 Å². The summed E-state index contributed by atoms with van der Waals surface area (Å²) in [5.74, 6) is 0. The van der Waals surface area contributed by atoms with Gasteiger partial charge in [-0.1, -0.05) is 84.9 Å². The zero-order chi connectivity index (χ0) is 15.9. The third-order valence-corrected chi connectivity index (χ3v) is 6.38. The van der Waals surface area contributed by atoms with E-state index in [1.165, 1.54) is 21.5 Å². The van der Waals surface area contributed by atoms with E-state index in [2.05, 4.69) is 84.9 Å². The van der Waals surface area contributed by atoms with Crippen LogP contribution in [0.1, 0.15) is 5.56 Å². The fourth-order valence-corrected chi connectivity index (χ4v) is 5.24. The molecule has 0 heterocycles. The highest BCUT2D eigenvalue weighted by atomic mass is 79.9. The summed E-state index contributed by atoms with van der Waals surface area (Å²) in [4.78, 5) is 0. The predicted molar refractivity (Wildman–Crippen MR) is 111 cm³/mol. The highest BCUT2D eigenvalue weighted by Gasteiger charge is 2.18. The van der Waals surface area contributed by atoms with Crippen LogP contribution in [0.3, 0.4) is 0 Å². The average Bonchev–Trinajstić information content (AvgIpc) is 2.63. The lowest BCUT2D eigenvalue weighted by molar-refractivity contribution is 0.202. The summed E-state index contributed by atoms with van der Waals surface area (Å²) >= 11 is 0. The summed E-state index contributed by atoms with van der Waals surface area (Å²) in [6, 6.07) is 30.4. The molecule has 0 aliphatic rings. The molecule has 0 unspecified atom stereocenters. The van der Waals surface area contributed by atoms with E-state index in [4.69, 9.17) is 4.74 Å². The molecule has 124 valence electrons. The first-order chi connectivity index (χ1) is 11.4. The first-order valence-corrected chi connectivity index (χ1v) is 9.21. The van der Waals surface area contributed by atoms with E-state index >= 15 is 0 Å². The Balaban J connectivity index is 0.00000208. The minimum Gasteiger partial charge on any atom is -0.384 e. The molecule has 0 radical (unpaired) electrons. The van der Waals surface area contributed by atoms with Gasteiger partial charge in [-0.2, -0.15) is 0 Å². The zero-order valence-electron chi connectivity index (χ0n) is 13.8. The lowest BCUT2D eigenvalue weighted by Gasteiger charge is -2.22. The van der Waals surface area contributed by atoms with E-state index in [0.717, 1.165) is 13.0 Å². The standard InChI is InChI=1S/C21H21OP.BrH/c1-22-17-16-18-10-8-9-15-21(18)23(19-11-4-2-5-12-19)20-13-6-3-7-14-20;/h2-15H,16-17H2,1H3;1H. The molecule has 0 bridgehead atoms. The topological polar surface area (TPSA) is 9.23 Å². The Morgan fingerprint density at radius 1 is 0.708 bits per heavy atom. The molecule has 3 aromatic carbocycles. The second kappa shape index (κ2) is 9.74. The summed E-state index contributed by atoms with van der Waals surface area (Å²) in [5.41, 5.74) is 1.38. The van der Waals surface area contributed by atoms with Gasteiger partial charge in [0.15, 0.2) is 0 Å². The number of ether oxygens (including phenoxy) is 1. The lowest BCUT2D eigenvalue weighted by atomic mass is 10.2. The van der Waals surface area contributed by atoms with Crippen molar-refractivity contribution in [1.29, 1.82) is 0 Å². The van der Waals surface area contributed by atoms with Gasteiger partial charge in [-0.05, 0) is 35.8 Å². The predicted octanol–water partition coefficient (Wildman–Crippen LogP) is 4.21. The molecule has 0 saturated carbocycles. The van der Waals surface area contributed by atoms with Crippen molar-refractivity contribution in [3.05, 3.63) is 90.5 Å². The molecule has 0 spiro atoms. The number of benzene rings is 3. The molecule has 1 nitrogen and oxygen atoms in total. The van der Waals surface area contributed by atoms with Crippen LogP contribution in [-0.4, -0.2) is 13.7 Å². The van der Waals surface area contributed by atoms with Crippen molar-refractivity contribution in [2.24, 2.45) is 0 Å². The molecular formula is C21H22BrOP. The fraction of sp³-hybridized carbons (Fsp3) is 0.143. The largest absolute Gasteiger partial charge is 0.384 e. The molecule has 24 heavy (non-hydrogen) atoms. The third kappa shape index (κ3) is 4.54. The minimum absolute atomic E-state index is 0. The number of rotatable bonds is 6. The van der Waals surface area contributed by atoms with Gasteiger partial charge >= 0.3 is 0 Å². The monoisotopic (exact) mass is 400 g/mol. The molecule has 0 aromatic heterocycles. The Bertz CT molecular complexity index is 692. The van der Waals surface area contributed by atoms with Crippen molar-refractivity contribution in [1.82, 2.24) is 0 Å². The SMILES string of the molecule is Br.COCCc1ccccc1P(c1ccccc1)c1ccccc1. The Hall–Kier alpha value is -1.47. The molecule has 0 fully saturated rings. The summed E-state index contributed by atoms with van der Waals surface area (Å²) in [5, 5.41) is 4.20. The first kappa shape index (κ1) is 18.9. The van der Waals surface area contributed by atoms with E-state index in [0.29, 0.717) is 0 Å². The maximum atomic E-state index is 5.30. The van der Waals surface area contributed by atoms with Gasteiger partial charge in [0.25, 0.3) is 0 Å². The van der Waals surface area contributed by atoms with Crippen LogP contribution in [0.2, 0.25) is 0 Å². The molecule has 0 N–H and O–H groups in total. The van der Waals surface area contributed by atoms with Gasteiger partial charge in [-0.15, -0.1) is 17.0 Å². The van der Waals surface area contributed by atoms with Crippen molar-refractivity contribution in [2.75, 3.05) is 13.7 Å². The van der Waals surface area contributed by atoms with Crippen molar-refractivity contribution >= 4 is 40.8 Å². The molecule has 0 aliphatic carbocycles. The maximum Gasteiger partial charge on any atom is 0.0502 e. The fourth-order valence-electron chi connectivity index (χ4n) is 2.73. The van der Waals surface area contributed by atoms with Crippen LogP contribution in [0.4, 0.5) is 0 Å². The quantitative estimate of drug-likeness (QED) is 0.563. The first-order valence-electron chi connectivity index (χ1n) is 7.87. The molecule has 3 aromatic rings. The van der Waals surface area contributed by atoms with Gasteiger partial charge in [-0.3, -0.25) is 0 Å². The molecule has 0 amide bonds. The van der Waals surface area contributed by atoms with E-state index < -0.39 is 7.92 Å².